The third-order valence-corrected chi connectivity index (χ3v) is 4.86. The summed E-state index contributed by atoms with van der Waals surface area (Å²) in [6.07, 6.45) is 5.33. The predicted molar refractivity (Wildman–Crippen MR) is 86.2 cm³/mol. The molecule has 2 aliphatic rings. The van der Waals surface area contributed by atoms with Gasteiger partial charge in [-0.05, 0) is 25.3 Å². The number of amides is 1. The van der Waals surface area contributed by atoms with Gasteiger partial charge >= 0.3 is 0 Å². The topological polar surface area (TPSA) is 41.6 Å². The molecule has 1 aliphatic heterocycles. The minimum absolute atomic E-state index is 0.0784. The largest absolute Gasteiger partial charge is 0.346 e. The number of carbonyl (C=O) groups is 1. The van der Waals surface area contributed by atoms with Crippen molar-refractivity contribution in [2.24, 2.45) is 0 Å². The van der Waals surface area contributed by atoms with Crippen LogP contribution in [0.4, 0.5) is 0 Å². The van der Waals surface area contributed by atoms with Crippen molar-refractivity contribution in [3.8, 4) is 0 Å². The molecule has 4 nitrogen and oxygen atoms in total. The van der Waals surface area contributed by atoms with Gasteiger partial charge in [0.05, 0.1) is 5.60 Å². The van der Waals surface area contributed by atoms with Gasteiger partial charge in [-0.1, -0.05) is 49.6 Å². The van der Waals surface area contributed by atoms with Crippen LogP contribution >= 0.6 is 0 Å². The molecule has 1 saturated heterocycles. The Morgan fingerprint density at radius 3 is 2.64 bits per heavy atom. The zero-order valence-electron chi connectivity index (χ0n) is 13.4. The monoisotopic (exact) mass is 302 g/mol. The molecule has 1 heterocycles. The zero-order chi connectivity index (χ0) is 15.4. The first-order valence-corrected chi connectivity index (χ1v) is 8.46. The Morgan fingerprint density at radius 1 is 1.23 bits per heavy atom. The maximum Gasteiger partial charge on any atom is 0.266 e. The molecule has 2 fully saturated rings. The Bertz CT molecular complexity index is 497. The van der Waals surface area contributed by atoms with Crippen LogP contribution in [0.5, 0.6) is 0 Å². The summed E-state index contributed by atoms with van der Waals surface area (Å²) >= 11 is 0. The summed E-state index contributed by atoms with van der Waals surface area (Å²) in [5.74, 6) is 0.0784. The summed E-state index contributed by atoms with van der Waals surface area (Å²) < 4.78 is 6.28. The van der Waals surface area contributed by atoms with Crippen molar-refractivity contribution in [3.05, 3.63) is 35.9 Å². The smallest absolute Gasteiger partial charge is 0.266 e. The fourth-order valence-electron chi connectivity index (χ4n) is 3.60. The Labute approximate surface area is 132 Å². The van der Waals surface area contributed by atoms with E-state index in [1.54, 1.807) is 0 Å². The van der Waals surface area contributed by atoms with Gasteiger partial charge in [-0.15, -0.1) is 0 Å². The van der Waals surface area contributed by atoms with E-state index in [1.807, 2.05) is 30.0 Å². The number of morpholine rings is 1. The highest BCUT2D eigenvalue weighted by molar-refractivity contribution is 5.81. The van der Waals surface area contributed by atoms with Crippen molar-refractivity contribution in [3.63, 3.8) is 0 Å². The van der Waals surface area contributed by atoms with E-state index >= 15 is 0 Å². The second-order valence-corrected chi connectivity index (χ2v) is 6.46. The highest BCUT2D eigenvalue weighted by atomic mass is 16.5. The lowest BCUT2D eigenvalue weighted by atomic mass is 9.83. The van der Waals surface area contributed by atoms with Gasteiger partial charge in [0, 0.05) is 19.6 Å². The van der Waals surface area contributed by atoms with Crippen molar-refractivity contribution in [1.29, 1.82) is 0 Å². The normalized spacial score (nSPS) is 24.7. The molecule has 3 rings (SSSR count). The quantitative estimate of drug-likeness (QED) is 0.930. The summed E-state index contributed by atoms with van der Waals surface area (Å²) in [5, 5.41) is 3.31. The van der Waals surface area contributed by atoms with Crippen LogP contribution in [-0.2, 0) is 16.1 Å². The Kier molecular flexibility index (Phi) is 4.79. The number of nitrogens with zero attached hydrogens (tertiary/aromatic N) is 1. The lowest BCUT2D eigenvalue weighted by molar-refractivity contribution is -0.195. The van der Waals surface area contributed by atoms with Gasteiger partial charge in [0.1, 0.15) is 0 Å². The summed E-state index contributed by atoms with van der Waals surface area (Å²) in [7, 11) is 0. The minimum Gasteiger partial charge on any atom is -0.346 e. The summed E-state index contributed by atoms with van der Waals surface area (Å²) in [5.41, 5.74) is 1.04. The molecule has 120 valence electrons. The molecule has 22 heavy (non-hydrogen) atoms. The highest BCUT2D eigenvalue weighted by Crippen LogP contribution is 2.36. The fourth-order valence-corrected chi connectivity index (χ4v) is 3.60. The number of rotatable bonds is 4. The maximum atomic E-state index is 12.5. The number of hydrogen-bond acceptors (Lipinski definition) is 3. The second-order valence-electron chi connectivity index (χ2n) is 6.46. The molecular formula is C18H26N2O2. The van der Waals surface area contributed by atoms with Crippen LogP contribution in [-0.4, -0.2) is 35.7 Å². The molecule has 1 aromatic carbocycles. The van der Waals surface area contributed by atoms with Gasteiger partial charge in [-0.3, -0.25) is 10.1 Å². The average Bonchev–Trinajstić information content (AvgIpc) is 2.57. The molecule has 4 heteroatoms. The number of ether oxygens (including phenoxy) is 1. The van der Waals surface area contributed by atoms with E-state index in [2.05, 4.69) is 17.4 Å². The number of benzene rings is 1. The first-order chi connectivity index (χ1) is 10.7. The average molecular weight is 302 g/mol. The molecule has 1 spiro atoms. The first kappa shape index (κ1) is 15.5. The standard InChI is InChI=1S/C18H26N2O2/c1-2-20-14-18(11-7-4-8-12-18)22-16(17(20)21)19-13-15-9-5-3-6-10-15/h3,5-6,9-10,16,19H,2,4,7-8,11-14H2,1H3. The highest BCUT2D eigenvalue weighted by Gasteiger charge is 2.44. The molecular weight excluding hydrogens is 276 g/mol. The van der Waals surface area contributed by atoms with Crippen LogP contribution in [0.1, 0.15) is 44.6 Å². The zero-order valence-corrected chi connectivity index (χ0v) is 13.4. The second kappa shape index (κ2) is 6.80. The molecule has 1 amide bonds. The van der Waals surface area contributed by atoms with Gasteiger partial charge in [0.2, 0.25) is 0 Å². The van der Waals surface area contributed by atoms with E-state index in [9.17, 15) is 4.79 Å². The summed E-state index contributed by atoms with van der Waals surface area (Å²) in [4.78, 5) is 14.5. The van der Waals surface area contributed by atoms with E-state index in [0.717, 1.165) is 25.9 Å². The van der Waals surface area contributed by atoms with Crippen LogP contribution in [0.3, 0.4) is 0 Å². The van der Waals surface area contributed by atoms with E-state index in [4.69, 9.17) is 4.74 Å². The number of hydrogen-bond donors (Lipinski definition) is 1. The Balaban J connectivity index is 1.69. The molecule has 1 saturated carbocycles. The molecule has 0 radical (unpaired) electrons. The van der Waals surface area contributed by atoms with Crippen LogP contribution < -0.4 is 5.32 Å². The molecule has 1 atom stereocenters. The van der Waals surface area contributed by atoms with Gasteiger partial charge in [0.15, 0.2) is 6.23 Å². The fraction of sp³-hybridized carbons (Fsp3) is 0.611. The van der Waals surface area contributed by atoms with Crippen molar-refractivity contribution < 1.29 is 9.53 Å². The summed E-state index contributed by atoms with van der Waals surface area (Å²) in [6.45, 7) is 4.22. The molecule has 0 aromatic heterocycles. The molecule has 1 unspecified atom stereocenters. The van der Waals surface area contributed by atoms with Crippen LogP contribution in [0.25, 0.3) is 0 Å². The Morgan fingerprint density at radius 2 is 1.95 bits per heavy atom. The molecule has 1 aromatic rings. The van der Waals surface area contributed by atoms with Crippen molar-refractivity contribution >= 4 is 5.91 Å². The Hall–Kier alpha value is -1.39. The van der Waals surface area contributed by atoms with E-state index in [0.29, 0.717) is 6.54 Å². The van der Waals surface area contributed by atoms with E-state index < -0.39 is 6.23 Å². The van der Waals surface area contributed by atoms with E-state index in [1.165, 1.54) is 24.8 Å². The molecule has 1 N–H and O–H groups in total. The van der Waals surface area contributed by atoms with Crippen molar-refractivity contribution in [2.45, 2.75) is 57.4 Å². The maximum absolute atomic E-state index is 12.5. The molecule has 1 aliphatic carbocycles. The summed E-state index contributed by atoms with van der Waals surface area (Å²) in [6, 6.07) is 10.2. The third-order valence-electron chi connectivity index (χ3n) is 4.86. The molecule has 0 bridgehead atoms. The van der Waals surface area contributed by atoms with Gasteiger partial charge in [-0.25, -0.2) is 0 Å². The lowest BCUT2D eigenvalue weighted by Gasteiger charge is -2.47. The number of likely N-dealkylation sites (N-methyl/N-ethyl adjacent to an activating group) is 1. The van der Waals surface area contributed by atoms with Crippen LogP contribution in [0.2, 0.25) is 0 Å². The minimum atomic E-state index is -0.507. The van der Waals surface area contributed by atoms with Gasteiger partial charge in [-0.2, -0.15) is 0 Å². The predicted octanol–water partition coefficient (Wildman–Crippen LogP) is 2.68. The van der Waals surface area contributed by atoms with Crippen LogP contribution in [0, 0.1) is 0 Å². The lowest BCUT2D eigenvalue weighted by Crippen LogP contribution is -2.62. The van der Waals surface area contributed by atoms with Gasteiger partial charge < -0.3 is 9.64 Å². The third kappa shape index (κ3) is 3.33. The number of carbonyl (C=O) groups excluding carboxylic acids is 1. The van der Waals surface area contributed by atoms with Crippen molar-refractivity contribution in [1.82, 2.24) is 10.2 Å². The van der Waals surface area contributed by atoms with E-state index in [-0.39, 0.29) is 11.5 Å². The number of nitrogens with one attached hydrogen (secondary N) is 1. The van der Waals surface area contributed by atoms with Crippen LogP contribution in [0.15, 0.2) is 30.3 Å². The SMILES string of the molecule is CCN1CC2(CCCCC2)OC(NCc2ccccc2)C1=O. The van der Waals surface area contributed by atoms with Crippen molar-refractivity contribution in [2.75, 3.05) is 13.1 Å². The first-order valence-electron chi connectivity index (χ1n) is 8.46. The van der Waals surface area contributed by atoms with Gasteiger partial charge in [0.25, 0.3) is 5.91 Å².